The molecule has 0 amide bonds. The average Bonchev–Trinajstić information content (AvgIpc) is 3.22. The summed E-state index contributed by atoms with van der Waals surface area (Å²) in [7, 11) is 1.63. The van der Waals surface area contributed by atoms with Crippen molar-refractivity contribution in [3.05, 3.63) is 65.0 Å². The second kappa shape index (κ2) is 6.71. The number of benzene rings is 2. The summed E-state index contributed by atoms with van der Waals surface area (Å²) in [6.45, 7) is 3.39. The smallest absolute Gasteiger partial charge is 0.190 e. The Kier molecular flexibility index (Phi) is 4.04. The van der Waals surface area contributed by atoms with Crippen LogP contribution in [0.3, 0.4) is 0 Å². The first-order valence-electron chi connectivity index (χ1n) is 9.45. The molecule has 6 heteroatoms. The normalized spacial score (nSPS) is 16.6. The van der Waals surface area contributed by atoms with Crippen LogP contribution in [0.4, 0.5) is 5.69 Å². The Morgan fingerprint density at radius 2 is 1.86 bits per heavy atom. The topological polar surface area (TPSA) is 56.1 Å². The number of pyridine rings is 1. The quantitative estimate of drug-likeness (QED) is 0.704. The molecule has 6 nitrogen and oxygen atoms in total. The van der Waals surface area contributed by atoms with E-state index >= 15 is 0 Å². The Morgan fingerprint density at radius 3 is 2.57 bits per heavy atom. The van der Waals surface area contributed by atoms with E-state index in [9.17, 15) is 4.79 Å². The van der Waals surface area contributed by atoms with Crippen LogP contribution in [0.25, 0.3) is 16.6 Å². The summed E-state index contributed by atoms with van der Waals surface area (Å²) < 4.78 is 12.9. The van der Waals surface area contributed by atoms with E-state index in [1.807, 2.05) is 29.0 Å². The minimum absolute atomic E-state index is 0.00851. The van der Waals surface area contributed by atoms with E-state index in [2.05, 4.69) is 34.2 Å². The molecule has 0 saturated carbocycles. The minimum Gasteiger partial charge on any atom is -0.497 e. The van der Waals surface area contributed by atoms with Gasteiger partial charge in [0.1, 0.15) is 12.4 Å². The molecule has 142 valence electrons. The lowest BCUT2D eigenvalue weighted by molar-refractivity contribution is 0.308. The predicted molar refractivity (Wildman–Crippen MR) is 110 cm³/mol. The number of nitrogens with zero attached hydrogens (tertiary/aromatic N) is 3. The summed E-state index contributed by atoms with van der Waals surface area (Å²) in [6.07, 6.45) is 1.81. The molecule has 3 heterocycles. The molecule has 1 aromatic heterocycles. The van der Waals surface area contributed by atoms with Gasteiger partial charge in [-0.1, -0.05) is 0 Å². The van der Waals surface area contributed by atoms with Gasteiger partial charge in [-0.05, 0) is 36.4 Å². The van der Waals surface area contributed by atoms with Crippen LogP contribution in [-0.2, 0) is 4.74 Å². The molecule has 0 atom stereocenters. The van der Waals surface area contributed by atoms with Gasteiger partial charge in [0.25, 0.3) is 0 Å². The van der Waals surface area contributed by atoms with E-state index in [0.29, 0.717) is 11.3 Å². The highest BCUT2D eigenvalue weighted by Crippen LogP contribution is 2.28. The van der Waals surface area contributed by atoms with E-state index in [-0.39, 0.29) is 5.43 Å². The second-order valence-electron chi connectivity index (χ2n) is 7.12. The Labute approximate surface area is 162 Å². The SMILES string of the molecule is COc1ccc2c(=O)ccn(-c3ccc(N4CC(C5=NCCO5)C4)cc3)c2c1. The van der Waals surface area contributed by atoms with E-state index in [1.165, 1.54) is 5.69 Å². The number of anilines is 1. The number of rotatable bonds is 4. The largest absolute Gasteiger partial charge is 0.497 e. The van der Waals surface area contributed by atoms with Gasteiger partial charge in [-0.2, -0.15) is 0 Å². The molecular formula is C22H21N3O3. The molecule has 3 aromatic rings. The van der Waals surface area contributed by atoms with Crippen LogP contribution in [0.5, 0.6) is 5.75 Å². The maximum absolute atomic E-state index is 12.2. The summed E-state index contributed by atoms with van der Waals surface area (Å²) in [5, 5.41) is 0.676. The lowest BCUT2D eigenvalue weighted by atomic mass is 9.99. The Bertz CT molecular complexity index is 1110. The molecule has 0 bridgehead atoms. The molecule has 2 aromatic carbocycles. The lowest BCUT2D eigenvalue weighted by Gasteiger charge is -2.40. The molecule has 28 heavy (non-hydrogen) atoms. The molecule has 0 aliphatic carbocycles. The summed E-state index contributed by atoms with van der Waals surface area (Å²) in [4.78, 5) is 19.0. The third-order valence-electron chi connectivity index (χ3n) is 5.44. The average molecular weight is 375 g/mol. The second-order valence-corrected chi connectivity index (χ2v) is 7.12. The van der Waals surface area contributed by atoms with Gasteiger partial charge in [0.15, 0.2) is 11.3 Å². The highest BCUT2D eigenvalue weighted by molar-refractivity contribution is 5.83. The zero-order valence-electron chi connectivity index (χ0n) is 15.7. The molecule has 1 fully saturated rings. The predicted octanol–water partition coefficient (Wildman–Crippen LogP) is 2.86. The van der Waals surface area contributed by atoms with Crippen LogP contribution in [-0.4, -0.2) is 43.8 Å². The molecule has 5 rings (SSSR count). The van der Waals surface area contributed by atoms with Crippen LogP contribution < -0.4 is 15.1 Å². The van der Waals surface area contributed by atoms with E-state index in [4.69, 9.17) is 9.47 Å². The van der Waals surface area contributed by atoms with Crippen LogP contribution in [0, 0.1) is 5.92 Å². The van der Waals surface area contributed by atoms with Crippen molar-refractivity contribution in [1.82, 2.24) is 4.57 Å². The maximum Gasteiger partial charge on any atom is 0.190 e. The monoisotopic (exact) mass is 375 g/mol. The van der Waals surface area contributed by atoms with Crippen LogP contribution in [0.15, 0.2) is 64.5 Å². The van der Waals surface area contributed by atoms with Crippen LogP contribution in [0.1, 0.15) is 0 Å². The minimum atomic E-state index is 0.00851. The number of aromatic nitrogens is 1. The zero-order chi connectivity index (χ0) is 19.1. The van der Waals surface area contributed by atoms with Crippen molar-refractivity contribution >= 4 is 22.5 Å². The molecule has 0 radical (unpaired) electrons. The number of methoxy groups -OCH3 is 1. The number of hydrogen-bond donors (Lipinski definition) is 0. The van der Waals surface area contributed by atoms with Gasteiger partial charge in [-0.15, -0.1) is 0 Å². The highest BCUT2D eigenvalue weighted by atomic mass is 16.5. The molecule has 2 aliphatic heterocycles. The molecule has 2 aliphatic rings. The molecular weight excluding hydrogens is 354 g/mol. The van der Waals surface area contributed by atoms with Crippen molar-refractivity contribution in [3.8, 4) is 11.4 Å². The summed E-state index contributed by atoms with van der Waals surface area (Å²) in [5.74, 6) is 2.06. The van der Waals surface area contributed by atoms with Gasteiger partial charge in [0.05, 0.1) is 25.1 Å². The maximum atomic E-state index is 12.2. The van der Waals surface area contributed by atoms with Crippen molar-refractivity contribution in [2.45, 2.75) is 0 Å². The van der Waals surface area contributed by atoms with E-state index in [0.717, 1.165) is 49.1 Å². The first kappa shape index (κ1) is 16.9. The van der Waals surface area contributed by atoms with Gasteiger partial charge < -0.3 is 18.9 Å². The van der Waals surface area contributed by atoms with Crippen molar-refractivity contribution in [1.29, 1.82) is 0 Å². The first-order valence-corrected chi connectivity index (χ1v) is 9.45. The molecule has 0 unspecified atom stereocenters. The fourth-order valence-corrected chi connectivity index (χ4v) is 3.85. The fraction of sp³-hybridized carbons (Fsp3) is 0.273. The number of ether oxygens (including phenoxy) is 2. The zero-order valence-corrected chi connectivity index (χ0v) is 15.7. The van der Waals surface area contributed by atoms with Crippen molar-refractivity contribution in [2.75, 3.05) is 38.3 Å². The van der Waals surface area contributed by atoms with E-state index < -0.39 is 0 Å². The van der Waals surface area contributed by atoms with Gasteiger partial charge in [0, 0.05) is 48.2 Å². The molecule has 0 N–H and O–H groups in total. The highest BCUT2D eigenvalue weighted by Gasteiger charge is 2.33. The Morgan fingerprint density at radius 1 is 1.07 bits per heavy atom. The van der Waals surface area contributed by atoms with E-state index in [1.54, 1.807) is 13.2 Å². The van der Waals surface area contributed by atoms with Crippen LogP contribution in [0.2, 0.25) is 0 Å². The van der Waals surface area contributed by atoms with Crippen LogP contribution >= 0.6 is 0 Å². The number of fused-ring (bicyclic) bond motifs is 1. The van der Waals surface area contributed by atoms with Crippen molar-refractivity contribution in [3.63, 3.8) is 0 Å². The van der Waals surface area contributed by atoms with Gasteiger partial charge >= 0.3 is 0 Å². The van der Waals surface area contributed by atoms with Crippen molar-refractivity contribution in [2.24, 2.45) is 10.9 Å². The summed E-state index contributed by atoms with van der Waals surface area (Å²) >= 11 is 0. The molecule has 0 spiro atoms. The Balaban J connectivity index is 1.42. The summed E-state index contributed by atoms with van der Waals surface area (Å²) in [5.41, 5.74) is 3.03. The third kappa shape index (κ3) is 2.81. The van der Waals surface area contributed by atoms with Gasteiger partial charge in [-0.3, -0.25) is 9.79 Å². The number of hydrogen-bond acceptors (Lipinski definition) is 5. The molecule has 1 saturated heterocycles. The standard InChI is InChI=1S/C22H21N3O3/c1-27-18-6-7-19-20(12-18)25(10-8-21(19)26)17-4-2-16(3-5-17)24-13-15(14-24)22-23-9-11-28-22/h2-8,10,12,15H,9,11,13-14H2,1H3. The van der Waals surface area contributed by atoms with Crippen molar-refractivity contribution < 1.29 is 9.47 Å². The Hall–Kier alpha value is -3.28. The first-order chi connectivity index (χ1) is 13.7. The third-order valence-corrected chi connectivity index (χ3v) is 5.44. The van der Waals surface area contributed by atoms with Gasteiger partial charge in [-0.25, -0.2) is 0 Å². The van der Waals surface area contributed by atoms with Gasteiger partial charge in [0.2, 0.25) is 0 Å². The lowest BCUT2D eigenvalue weighted by Crippen LogP contribution is -2.50. The number of aliphatic imine (C=N–C) groups is 1. The fourth-order valence-electron chi connectivity index (χ4n) is 3.85. The summed E-state index contributed by atoms with van der Waals surface area (Å²) in [6, 6.07) is 15.5.